The van der Waals surface area contributed by atoms with Crippen molar-refractivity contribution in [3.63, 3.8) is 0 Å². The molecule has 1 aliphatic carbocycles. The number of hydrogen-bond acceptors (Lipinski definition) is 1. The van der Waals surface area contributed by atoms with Gasteiger partial charge in [0.15, 0.2) is 0 Å². The van der Waals surface area contributed by atoms with Crippen LogP contribution in [0.15, 0.2) is 78.9 Å². The molecule has 1 N–H and O–H groups in total. The molecule has 0 bridgehead atoms. The average molecular weight is 284 g/mol. The summed E-state index contributed by atoms with van der Waals surface area (Å²) in [5.74, 6) is 0. The molecule has 1 aliphatic rings. The average Bonchev–Trinajstić information content (AvgIpc) is 2.73. The van der Waals surface area contributed by atoms with Gasteiger partial charge >= 0.3 is 0 Å². The Morgan fingerprint density at radius 1 is 0.545 bits per heavy atom. The van der Waals surface area contributed by atoms with Crippen LogP contribution in [0.4, 0.5) is 0 Å². The highest BCUT2D eigenvalue weighted by atomic mass is 16.3. The lowest BCUT2D eigenvalue weighted by atomic mass is 9.78. The van der Waals surface area contributed by atoms with Gasteiger partial charge < -0.3 is 5.11 Å². The maximum atomic E-state index is 11.8. The van der Waals surface area contributed by atoms with Crippen LogP contribution >= 0.6 is 0 Å². The lowest BCUT2D eigenvalue weighted by Gasteiger charge is -2.31. The first kappa shape index (κ1) is 13.1. The predicted octanol–water partition coefficient (Wildman–Crippen LogP) is 4.45. The molecule has 0 saturated carbocycles. The summed E-state index contributed by atoms with van der Waals surface area (Å²) in [6.07, 6.45) is 4.16. The SMILES string of the molecule is OC1(c2ccccc2)c2ccccc2C=Cc2ccccc21. The van der Waals surface area contributed by atoms with Crippen LogP contribution in [0.3, 0.4) is 0 Å². The molecule has 0 amide bonds. The monoisotopic (exact) mass is 284 g/mol. The van der Waals surface area contributed by atoms with Crippen molar-refractivity contribution in [3.05, 3.63) is 107 Å². The Morgan fingerprint density at radius 3 is 1.55 bits per heavy atom. The molecule has 0 aromatic heterocycles. The van der Waals surface area contributed by atoms with E-state index >= 15 is 0 Å². The molecule has 1 heteroatoms. The van der Waals surface area contributed by atoms with Crippen LogP contribution in [0, 0.1) is 0 Å². The van der Waals surface area contributed by atoms with Gasteiger partial charge in [0.05, 0.1) is 0 Å². The Hall–Kier alpha value is -2.64. The minimum atomic E-state index is -1.14. The first-order valence-electron chi connectivity index (χ1n) is 7.45. The molecule has 106 valence electrons. The minimum absolute atomic E-state index is 0.888. The van der Waals surface area contributed by atoms with E-state index in [1.54, 1.807) is 0 Å². The summed E-state index contributed by atoms with van der Waals surface area (Å²) in [5, 5.41) is 11.8. The molecule has 0 fully saturated rings. The van der Waals surface area contributed by atoms with Crippen molar-refractivity contribution in [2.75, 3.05) is 0 Å². The van der Waals surface area contributed by atoms with Crippen molar-refractivity contribution in [3.8, 4) is 0 Å². The van der Waals surface area contributed by atoms with E-state index in [4.69, 9.17) is 0 Å². The summed E-state index contributed by atoms with van der Waals surface area (Å²) in [6.45, 7) is 0. The van der Waals surface area contributed by atoms with Gasteiger partial charge in [-0.3, -0.25) is 0 Å². The van der Waals surface area contributed by atoms with Crippen molar-refractivity contribution in [1.82, 2.24) is 0 Å². The molecule has 0 unspecified atom stereocenters. The van der Waals surface area contributed by atoms with Crippen molar-refractivity contribution in [2.24, 2.45) is 0 Å². The molecule has 22 heavy (non-hydrogen) atoms. The topological polar surface area (TPSA) is 20.2 Å². The summed E-state index contributed by atoms with van der Waals surface area (Å²) >= 11 is 0. The summed E-state index contributed by atoms with van der Waals surface area (Å²) in [4.78, 5) is 0. The lowest BCUT2D eigenvalue weighted by Crippen LogP contribution is -2.30. The molecule has 0 radical (unpaired) electrons. The highest BCUT2D eigenvalue weighted by Gasteiger charge is 2.37. The van der Waals surface area contributed by atoms with Gasteiger partial charge in [-0.05, 0) is 27.8 Å². The lowest BCUT2D eigenvalue weighted by molar-refractivity contribution is 0.125. The number of benzene rings is 3. The molecule has 3 aromatic rings. The normalized spacial score (nSPS) is 14.8. The molecule has 4 rings (SSSR count). The predicted molar refractivity (Wildman–Crippen MR) is 90.4 cm³/mol. The first-order valence-corrected chi connectivity index (χ1v) is 7.45. The third-order valence-corrected chi connectivity index (χ3v) is 4.34. The van der Waals surface area contributed by atoms with Crippen LogP contribution in [0.2, 0.25) is 0 Å². The van der Waals surface area contributed by atoms with Gasteiger partial charge in [0, 0.05) is 0 Å². The van der Waals surface area contributed by atoms with E-state index in [0.717, 1.165) is 27.8 Å². The van der Waals surface area contributed by atoms with E-state index in [2.05, 4.69) is 12.2 Å². The van der Waals surface area contributed by atoms with Crippen LogP contribution < -0.4 is 0 Å². The van der Waals surface area contributed by atoms with Crippen LogP contribution in [-0.2, 0) is 5.60 Å². The van der Waals surface area contributed by atoms with Crippen molar-refractivity contribution in [1.29, 1.82) is 0 Å². The zero-order chi connectivity index (χ0) is 15.0. The molecule has 0 aliphatic heterocycles. The quantitative estimate of drug-likeness (QED) is 0.699. The van der Waals surface area contributed by atoms with E-state index in [0.29, 0.717) is 0 Å². The summed E-state index contributed by atoms with van der Waals surface area (Å²) in [5.41, 5.74) is 3.68. The highest BCUT2D eigenvalue weighted by molar-refractivity contribution is 5.78. The van der Waals surface area contributed by atoms with Gasteiger partial charge in [-0.15, -0.1) is 0 Å². The largest absolute Gasteiger partial charge is 0.376 e. The zero-order valence-corrected chi connectivity index (χ0v) is 12.1. The minimum Gasteiger partial charge on any atom is -0.376 e. The van der Waals surface area contributed by atoms with Crippen LogP contribution in [0.25, 0.3) is 12.2 Å². The van der Waals surface area contributed by atoms with E-state index in [-0.39, 0.29) is 0 Å². The number of fused-ring (bicyclic) bond motifs is 2. The fourth-order valence-corrected chi connectivity index (χ4v) is 3.26. The van der Waals surface area contributed by atoms with Crippen molar-refractivity contribution >= 4 is 12.2 Å². The van der Waals surface area contributed by atoms with Gasteiger partial charge in [-0.25, -0.2) is 0 Å². The van der Waals surface area contributed by atoms with E-state index in [9.17, 15) is 5.11 Å². The molecule has 3 aromatic carbocycles. The Morgan fingerprint density at radius 2 is 1.00 bits per heavy atom. The van der Waals surface area contributed by atoms with Crippen molar-refractivity contribution < 1.29 is 5.11 Å². The second-order valence-electron chi connectivity index (χ2n) is 5.58. The smallest absolute Gasteiger partial charge is 0.141 e. The molecular formula is C21H16O. The summed E-state index contributed by atoms with van der Waals surface area (Å²) in [6, 6.07) is 26.0. The number of hydrogen-bond donors (Lipinski definition) is 1. The maximum absolute atomic E-state index is 11.8. The molecular weight excluding hydrogens is 268 g/mol. The third kappa shape index (κ3) is 1.83. The second kappa shape index (κ2) is 4.97. The van der Waals surface area contributed by atoms with E-state index in [1.165, 1.54) is 0 Å². The Bertz CT molecular complexity index is 797. The standard InChI is InChI=1S/C21H16O/c22-21(18-10-2-1-3-11-18)19-12-6-4-8-16(19)14-15-17-9-5-7-13-20(17)21/h1-15,22H. The van der Waals surface area contributed by atoms with Crippen LogP contribution in [-0.4, -0.2) is 5.11 Å². The second-order valence-corrected chi connectivity index (χ2v) is 5.58. The highest BCUT2D eigenvalue weighted by Crippen LogP contribution is 2.42. The third-order valence-electron chi connectivity index (χ3n) is 4.34. The van der Waals surface area contributed by atoms with Gasteiger partial charge in [-0.1, -0.05) is 91.0 Å². The summed E-state index contributed by atoms with van der Waals surface area (Å²) < 4.78 is 0. The maximum Gasteiger partial charge on any atom is 0.141 e. The fraction of sp³-hybridized carbons (Fsp3) is 0.0476. The fourth-order valence-electron chi connectivity index (χ4n) is 3.26. The first-order chi connectivity index (χ1) is 10.8. The van der Waals surface area contributed by atoms with Gasteiger partial charge in [0.25, 0.3) is 0 Å². The Kier molecular flexibility index (Phi) is 2.95. The molecule has 0 atom stereocenters. The number of aliphatic hydroxyl groups is 1. The van der Waals surface area contributed by atoms with E-state index < -0.39 is 5.60 Å². The zero-order valence-electron chi connectivity index (χ0n) is 12.1. The number of rotatable bonds is 1. The molecule has 0 spiro atoms. The molecule has 0 heterocycles. The van der Waals surface area contributed by atoms with Crippen molar-refractivity contribution in [2.45, 2.75) is 5.60 Å². The summed E-state index contributed by atoms with van der Waals surface area (Å²) in [7, 11) is 0. The van der Waals surface area contributed by atoms with Gasteiger partial charge in [0.2, 0.25) is 0 Å². The molecule has 1 nitrogen and oxygen atoms in total. The van der Waals surface area contributed by atoms with Crippen LogP contribution in [0.1, 0.15) is 27.8 Å². The van der Waals surface area contributed by atoms with Gasteiger partial charge in [0.1, 0.15) is 5.60 Å². The molecule has 0 saturated heterocycles. The Labute approximate surface area is 130 Å². The van der Waals surface area contributed by atoms with Crippen LogP contribution in [0.5, 0.6) is 0 Å². The van der Waals surface area contributed by atoms with E-state index in [1.807, 2.05) is 78.9 Å². The van der Waals surface area contributed by atoms with Gasteiger partial charge in [-0.2, -0.15) is 0 Å². The Balaban J connectivity index is 2.11.